The Hall–Kier alpha value is -1.06. The van der Waals surface area contributed by atoms with Crippen molar-refractivity contribution >= 4 is 45.5 Å². The van der Waals surface area contributed by atoms with Crippen LogP contribution in [0, 0.1) is 11.8 Å². The highest BCUT2D eigenvalue weighted by Crippen LogP contribution is 2.67. The van der Waals surface area contributed by atoms with E-state index < -0.39 is 28.6 Å². The highest BCUT2D eigenvalue weighted by molar-refractivity contribution is 9.09. The number of likely N-dealkylation sites (tertiary alicyclic amines) is 1. The Balaban J connectivity index is 1.96. The number of alkyl halides is 1. The first-order valence-electron chi connectivity index (χ1n) is 12.1. The Kier molecular flexibility index (Phi) is 8.94. The van der Waals surface area contributed by atoms with Gasteiger partial charge in [-0.15, -0.1) is 18.3 Å². The quantitative estimate of drug-likeness (QED) is 0.210. The van der Waals surface area contributed by atoms with Gasteiger partial charge in [0, 0.05) is 35.8 Å². The minimum Gasteiger partial charge on any atom is -0.481 e. The Morgan fingerprint density at radius 2 is 2.06 bits per heavy atom. The van der Waals surface area contributed by atoms with E-state index in [2.05, 4.69) is 29.4 Å². The first kappa shape index (κ1) is 26.5. The average Bonchev–Trinajstić information content (AvgIpc) is 3.35. The zero-order chi connectivity index (χ0) is 24.3. The molecule has 0 aromatic heterocycles. The second kappa shape index (κ2) is 11.1. The average molecular weight is 546 g/mol. The maximum absolute atomic E-state index is 14.1. The lowest BCUT2D eigenvalue weighted by Crippen LogP contribution is -2.57. The van der Waals surface area contributed by atoms with Crippen LogP contribution in [-0.2, 0) is 14.4 Å². The Morgan fingerprint density at radius 1 is 1.36 bits per heavy atom. The van der Waals surface area contributed by atoms with Crippen molar-refractivity contribution in [1.82, 2.24) is 9.80 Å². The van der Waals surface area contributed by atoms with Crippen LogP contribution < -0.4 is 0 Å². The largest absolute Gasteiger partial charge is 0.481 e. The van der Waals surface area contributed by atoms with Crippen molar-refractivity contribution in [2.75, 3.05) is 19.7 Å². The maximum Gasteiger partial charge on any atom is 0.308 e. The fourth-order valence-corrected chi connectivity index (χ4v) is 9.64. The summed E-state index contributed by atoms with van der Waals surface area (Å²) in [7, 11) is 0. The number of aliphatic hydroxyl groups is 1. The van der Waals surface area contributed by atoms with Gasteiger partial charge in [-0.25, -0.2) is 0 Å². The van der Waals surface area contributed by atoms with Crippen molar-refractivity contribution in [3.63, 3.8) is 0 Å². The molecule has 3 aliphatic rings. The molecule has 0 radical (unpaired) electrons. The monoisotopic (exact) mass is 544 g/mol. The van der Waals surface area contributed by atoms with Crippen molar-refractivity contribution in [2.45, 2.75) is 85.7 Å². The van der Waals surface area contributed by atoms with E-state index in [0.717, 1.165) is 32.1 Å². The van der Waals surface area contributed by atoms with E-state index in [4.69, 9.17) is 5.11 Å². The molecule has 2 bridgehead atoms. The van der Waals surface area contributed by atoms with E-state index in [0.29, 0.717) is 25.9 Å². The lowest BCUT2D eigenvalue weighted by molar-refractivity contribution is -0.148. The van der Waals surface area contributed by atoms with Crippen molar-refractivity contribution in [3.8, 4) is 0 Å². The third kappa shape index (κ3) is 4.74. The Bertz CT molecular complexity index is 767. The summed E-state index contributed by atoms with van der Waals surface area (Å²) in [6, 6.07) is -0.650. The van der Waals surface area contributed by atoms with E-state index in [9.17, 15) is 19.5 Å². The van der Waals surface area contributed by atoms with Crippen molar-refractivity contribution in [2.24, 2.45) is 11.8 Å². The SMILES string of the molecule is C=CCN(C(=O)C1N(CCCCCCO)C(=O)[C@@H]2[C@H](C(=O)O)[C@H]3SC12CC3Br)C(C)CCC. The topological polar surface area (TPSA) is 98.2 Å². The Morgan fingerprint density at radius 3 is 2.67 bits per heavy atom. The second-order valence-electron chi connectivity index (χ2n) is 9.59. The molecule has 4 unspecified atom stereocenters. The number of unbranched alkanes of at least 4 members (excludes halogenated alkanes) is 3. The molecule has 2 N–H and O–H groups in total. The van der Waals surface area contributed by atoms with Gasteiger partial charge in [0.25, 0.3) is 0 Å². The fraction of sp³-hybridized carbons (Fsp3) is 0.792. The molecular weight excluding hydrogens is 508 g/mol. The molecular formula is C24H37BrN2O5S. The van der Waals surface area contributed by atoms with Crippen LogP contribution in [0.3, 0.4) is 0 Å². The molecule has 0 aromatic rings. The van der Waals surface area contributed by atoms with Crippen LogP contribution in [0.1, 0.15) is 58.8 Å². The van der Waals surface area contributed by atoms with Crippen LogP contribution in [-0.4, -0.2) is 84.4 Å². The van der Waals surface area contributed by atoms with E-state index in [1.165, 1.54) is 0 Å². The smallest absolute Gasteiger partial charge is 0.308 e. The van der Waals surface area contributed by atoms with Gasteiger partial charge in [0.15, 0.2) is 0 Å². The number of hydrogen-bond donors (Lipinski definition) is 2. The number of thioether (sulfide) groups is 1. The summed E-state index contributed by atoms with van der Waals surface area (Å²) in [6.45, 7) is 8.94. The van der Waals surface area contributed by atoms with Crippen LogP contribution in [0.5, 0.6) is 0 Å². The van der Waals surface area contributed by atoms with E-state index in [1.54, 1.807) is 22.7 Å². The fourth-order valence-electron chi connectivity index (χ4n) is 6.04. The van der Waals surface area contributed by atoms with E-state index in [1.807, 2.05) is 11.8 Å². The zero-order valence-electron chi connectivity index (χ0n) is 19.6. The molecule has 186 valence electrons. The predicted octanol–water partition coefficient (Wildman–Crippen LogP) is 3.29. The van der Waals surface area contributed by atoms with Crippen LogP contribution in [0.15, 0.2) is 12.7 Å². The minimum absolute atomic E-state index is 0.0103. The van der Waals surface area contributed by atoms with E-state index in [-0.39, 0.29) is 34.5 Å². The number of aliphatic carboxylic acids is 1. The number of carbonyl (C=O) groups excluding carboxylic acids is 2. The molecule has 1 spiro atoms. The van der Waals surface area contributed by atoms with Gasteiger partial charge < -0.3 is 20.0 Å². The molecule has 2 amide bonds. The predicted molar refractivity (Wildman–Crippen MR) is 133 cm³/mol. The molecule has 7 atom stereocenters. The molecule has 3 saturated heterocycles. The number of carboxylic acids is 1. The first-order valence-corrected chi connectivity index (χ1v) is 13.9. The molecule has 7 nitrogen and oxygen atoms in total. The summed E-state index contributed by atoms with van der Waals surface area (Å²) < 4.78 is -0.716. The van der Waals surface area contributed by atoms with Gasteiger partial charge in [0.1, 0.15) is 6.04 Å². The highest BCUT2D eigenvalue weighted by atomic mass is 79.9. The number of hydrogen-bond acceptors (Lipinski definition) is 5. The number of halogens is 1. The van der Waals surface area contributed by atoms with Crippen LogP contribution >= 0.6 is 27.7 Å². The van der Waals surface area contributed by atoms with Gasteiger partial charge in [-0.2, -0.15) is 0 Å². The number of fused-ring (bicyclic) bond motifs is 1. The summed E-state index contributed by atoms with van der Waals surface area (Å²) >= 11 is 5.23. The number of carboxylic acid groups (broad SMARTS) is 1. The molecule has 0 aliphatic carbocycles. The van der Waals surface area contributed by atoms with Crippen molar-refractivity contribution in [1.29, 1.82) is 0 Å². The van der Waals surface area contributed by atoms with Gasteiger partial charge in [-0.3, -0.25) is 14.4 Å². The molecule has 0 saturated carbocycles. The summed E-state index contributed by atoms with van der Waals surface area (Å²) in [4.78, 5) is 43.6. The van der Waals surface area contributed by atoms with Crippen LogP contribution in [0.25, 0.3) is 0 Å². The normalized spacial score (nSPS) is 33.3. The molecule has 3 heterocycles. The maximum atomic E-state index is 14.1. The molecule has 3 rings (SSSR count). The first-order chi connectivity index (χ1) is 15.7. The molecule has 3 aliphatic heterocycles. The number of aliphatic hydroxyl groups excluding tert-OH is 1. The van der Waals surface area contributed by atoms with Crippen molar-refractivity contribution in [3.05, 3.63) is 12.7 Å². The van der Waals surface area contributed by atoms with Gasteiger partial charge in [0.2, 0.25) is 11.8 Å². The van der Waals surface area contributed by atoms with Gasteiger partial charge in [-0.1, -0.05) is 48.2 Å². The highest BCUT2D eigenvalue weighted by Gasteiger charge is 2.76. The van der Waals surface area contributed by atoms with Crippen LogP contribution in [0.4, 0.5) is 0 Å². The molecule has 0 aromatic carbocycles. The van der Waals surface area contributed by atoms with Crippen molar-refractivity contribution < 1.29 is 24.6 Å². The van der Waals surface area contributed by atoms with Gasteiger partial charge in [0.05, 0.1) is 16.6 Å². The number of nitrogens with zero attached hydrogens (tertiary/aromatic N) is 2. The lowest BCUT2D eigenvalue weighted by Gasteiger charge is -2.39. The van der Waals surface area contributed by atoms with Gasteiger partial charge >= 0.3 is 5.97 Å². The molecule has 3 fully saturated rings. The summed E-state index contributed by atoms with van der Waals surface area (Å²) in [6.07, 6.45) is 7.29. The summed E-state index contributed by atoms with van der Waals surface area (Å²) in [5.74, 6) is -2.66. The minimum atomic E-state index is -0.949. The number of amides is 2. The summed E-state index contributed by atoms with van der Waals surface area (Å²) in [5.41, 5.74) is 0. The van der Waals surface area contributed by atoms with Gasteiger partial charge in [-0.05, 0) is 32.6 Å². The third-order valence-electron chi connectivity index (χ3n) is 7.46. The number of carbonyl (C=O) groups is 3. The van der Waals surface area contributed by atoms with Crippen LogP contribution in [0.2, 0.25) is 0 Å². The molecule has 9 heteroatoms. The molecule has 33 heavy (non-hydrogen) atoms. The standard InChI is InChI=1S/C24H37BrN2O5S/c1-4-10-15(3)26(11-5-2)22(30)20-24-14-16(25)19(33-24)17(23(31)32)18(24)21(29)27(20)12-8-6-7-9-13-28/h5,15-20,28H,2,4,6-14H2,1,3H3,(H,31,32)/t15?,16?,17-,18-,19-,20?,24?/m0/s1. The number of rotatable bonds is 13. The van der Waals surface area contributed by atoms with E-state index >= 15 is 0 Å². The lowest BCUT2D eigenvalue weighted by atomic mass is 9.71. The zero-order valence-corrected chi connectivity index (χ0v) is 22.0. The third-order valence-corrected chi connectivity index (χ3v) is 10.7. The summed E-state index contributed by atoms with van der Waals surface area (Å²) in [5, 5.41) is 18.8. The Labute approximate surface area is 209 Å². The second-order valence-corrected chi connectivity index (χ2v) is 12.3.